The summed E-state index contributed by atoms with van der Waals surface area (Å²) in [6.45, 7) is 3.20. The van der Waals surface area contributed by atoms with Crippen molar-refractivity contribution in [1.82, 2.24) is 9.97 Å². The number of benzene rings is 2. The Hall–Kier alpha value is -2.06. The molecule has 1 atom stereocenters. The monoisotopic (exact) mass is 443 g/mol. The van der Waals surface area contributed by atoms with E-state index >= 15 is 0 Å². The lowest BCUT2D eigenvalue weighted by Gasteiger charge is -2.22. The van der Waals surface area contributed by atoms with E-state index in [4.69, 9.17) is 21.3 Å². The lowest BCUT2D eigenvalue weighted by Crippen LogP contribution is -2.37. The van der Waals surface area contributed by atoms with Gasteiger partial charge in [0.15, 0.2) is 10.1 Å². The molecule has 0 bridgehead atoms. The summed E-state index contributed by atoms with van der Waals surface area (Å²) in [5.74, 6) is -0.135. The number of halogens is 1. The van der Waals surface area contributed by atoms with Crippen LogP contribution in [0.5, 0.6) is 0 Å². The number of thiazole rings is 2. The Bertz CT molecular complexity index is 1180. The summed E-state index contributed by atoms with van der Waals surface area (Å²) in [5, 5.41) is 1.80. The third-order valence-electron chi connectivity index (χ3n) is 5.00. The van der Waals surface area contributed by atoms with Gasteiger partial charge in [-0.2, -0.15) is 0 Å². The number of para-hydroxylation sites is 1. The van der Waals surface area contributed by atoms with Gasteiger partial charge in [-0.25, -0.2) is 9.97 Å². The summed E-state index contributed by atoms with van der Waals surface area (Å²) in [4.78, 5) is 24.6. The van der Waals surface area contributed by atoms with Gasteiger partial charge in [0.05, 0.1) is 33.1 Å². The van der Waals surface area contributed by atoms with Crippen molar-refractivity contribution in [1.29, 1.82) is 0 Å². The first kappa shape index (κ1) is 18.9. The molecule has 2 aromatic heterocycles. The van der Waals surface area contributed by atoms with Crippen LogP contribution in [0.2, 0.25) is 5.02 Å². The predicted octanol–water partition coefficient (Wildman–Crippen LogP) is 5.69. The predicted molar refractivity (Wildman–Crippen MR) is 120 cm³/mol. The fourth-order valence-electron chi connectivity index (χ4n) is 3.58. The lowest BCUT2D eigenvalue weighted by molar-refractivity contribution is 0.0917. The van der Waals surface area contributed by atoms with E-state index < -0.39 is 0 Å². The molecule has 5 nitrogen and oxygen atoms in total. The van der Waals surface area contributed by atoms with Gasteiger partial charge in [0, 0.05) is 11.6 Å². The molecule has 1 aliphatic rings. The van der Waals surface area contributed by atoms with Gasteiger partial charge in [-0.05, 0) is 49.6 Å². The van der Waals surface area contributed by atoms with Crippen molar-refractivity contribution >= 4 is 65.7 Å². The average molecular weight is 444 g/mol. The minimum Gasteiger partial charge on any atom is -0.376 e. The van der Waals surface area contributed by atoms with Crippen molar-refractivity contribution in [3.63, 3.8) is 0 Å². The first-order valence-corrected chi connectivity index (χ1v) is 11.5. The molecule has 0 spiro atoms. The van der Waals surface area contributed by atoms with Crippen LogP contribution < -0.4 is 4.90 Å². The molecule has 4 aromatic rings. The molecule has 0 aliphatic carbocycles. The molecule has 3 heterocycles. The number of ether oxygens (including phenoxy) is 1. The Balaban J connectivity index is 1.57. The van der Waals surface area contributed by atoms with Gasteiger partial charge in [0.1, 0.15) is 0 Å². The van der Waals surface area contributed by atoms with E-state index in [0.29, 0.717) is 21.7 Å². The molecule has 0 N–H and O–H groups in total. The van der Waals surface area contributed by atoms with E-state index in [1.165, 1.54) is 22.7 Å². The first-order chi connectivity index (χ1) is 14.1. The summed E-state index contributed by atoms with van der Waals surface area (Å²) in [6, 6.07) is 11.6. The summed E-state index contributed by atoms with van der Waals surface area (Å²) < 4.78 is 7.78. The van der Waals surface area contributed by atoms with Crippen molar-refractivity contribution in [2.45, 2.75) is 25.9 Å². The number of nitrogens with zero attached hydrogens (tertiary/aromatic N) is 3. The van der Waals surface area contributed by atoms with Gasteiger partial charge < -0.3 is 4.74 Å². The number of aryl methyl sites for hydroxylation is 1. The third kappa shape index (κ3) is 3.64. The molecule has 29 heavy (non-hydrogen) atoms. The molecule has 1 saturated heterocycles. The van der Waals surface area contributed by atoms with Crippen molar-refractivity contribution < 1.29 is 9.53 Å². The molecule has 1 fully saturated rings. The van der Waals surface area contributed by atoms with Gasteiger partial charge in [-0.3, -0.25) is 9.69 Å². The van der Waals surface area contributed by atoms with E-state index in [1.807, 2.05) is 43.3 Å². The van der Waals surface area contributed by atoms with Crippen LogP contribution in [0.1, 0.15) is 28.2 Å². The lowest BCUT2D eigenvalue weighted by atomic mass is 10.2. The van der Waals surface area contributed by atoms with E-state index in [-0.39, 0.29) is 12.0 Å². The Morgan fingerprint density at radius 1 is 1.24 bits per heavy atom. The number of aromatic nitrogens is 2. The van der Waals surface area contributed by atoms with Crippen LogP contribution in [0.25, 0.3) is 20.4 Å². The maximum absolute atomic E-state index is 13.5. The summed E-state index contributed by atoms with van der Waals surface area (Å²) in [5.41, 5.74) is 2.72. The summed E-state index contributed by atoms with van der Waals surface area (Å²) in [6.07, 6.45) is 1.98. The minimum atomic E-state index is -0.135. The van der Waals surface area contributed by atoms with Crippen LogP contribution in [0, 0.1) is 6.92 Å². The summed E-state index contributed by atoms with van der Waals surface area (Å²) >= 11 is 9.11. The highest BCUT2D eigenvalue weighted by Crippen LogP contribution is 2.35. The smallest absolute Gasteiger partial charge is 0.289 e. The first-order valence-electron chi connectivity index (χ1n) is 9.44. The number of rotatable bonds is 4. The molecule has 1 amide bonds. The van der Waals surface area contributed by atoms with Gasteiger partial charge in [-0.15, -0.1) is 11.3 Å². The molecule has 1 unspecified atom stereocenters. The molecule has 148 valence electrons. The number of fused-ring (bicyclic) bond motifs is 2. The largest absolute Gasteiger partial charge is 0.376 e. The normalized spacial score (nSPS) is 16.7. The summed E-state index contributed by atoms with van der Waals surface area (Å²) in [7, 11) is 0. The molecular formula is C21H18ClN3O2S2. The minimum absolute atomic E-state index is 0.0185. The van der Waals surface area contributed by atoms with E-state index in [1.54, 1.807) is 4.90 Å². The molecular weight excluding hydrogens is 426 g/mol. The maximum atomic E-state index is 13.5. The highest BCUT2D eigenvalue weighted by Gasteiger charge is 2.29. The molecule has 0 radical (unpaired) electrons. The fraction of sp³-hybridized carbons (Fsp3) is 0.286. The van der Waals surface area contributed by atoms with Crippen molar-refractivity contribution in [2.24, 2.45) is 0 Å². The Labute approximate surface area is 180 Å². The quantitative estimate of drug-likeness (QED) is 0.406. The maximum Gasteiger partial charge on any atom is 0.289 e. The topological polar surface area (TPSA) is 55.3 Å². The Morgan fingerprint density at radius 2 is 2.10 bits per heavy atom. The number of carbonyl (C=O) groups excluding carboxylic acids is 1. The number of hydrogen-bond donors (Lipinski definition) is 0. The molecule has 2 aromatic carbocycles. The van der Waals surface area contributed by atoms with E-state index in [2.05, 4.69) is 4.98 Å². The van der Waals surface area contributed by atoms with Gasteiger partial charge in [0.2, 0.25) is 0 Å². The van der Waals surface area contributed by atoms with Crippen LogP contribution in [-0.2, 0) is 4.74 Å². The highest BCUT2D eigenvalue weighted by molar-refractivity contribution is 7.23. The number of anilines is 1. The molecule has 0 saturated carbocycles. The van der Waals surface area contributed by atoms with Crippen LogP contribution in [0.3, 0.4) is 0 Å². The molecule has 1 aliphatic heterocycles. The molecule has 5 rings (SSSR count). The second-order valence-corrected chi connectivity index (χ2v) is 9.58. The highest BCUT2D eigenvalue weighted by atomic mass is 35.5. The zero-order valence-corrected chi connectivity index (χ0v) is 18.1. The van der Waals surface area contributed by atoms with Gasteiger partial charge >= 0.3 is 0 Å². The third-order valence-corrected chi connectivity index (χ3v) is 7.27. The number of hydrogen-bond acceptors (Lipinski definition) is 6. The van der Waals surface area contributed by atoms with Crippen LogP contribution >= 0.6 is 34.3 Å². The second-order valence-electron chi connectivity index (χ2n) is 7.10. The number of amides is 1. The van der Waals surface area contributed by atoms with E-state index in [9.17, 15) is 4.79 Å². The number of carbonyl (C=O) groups is 1. The standard InChI is InChI=1S/C21H18ClN3O2S2/c1-12-9-13(22)10-17-18(12)24-21(29-17)25(11-14-5-4-8-27-14)20(26)19-23-15-6-2-3-7-16(15)28-19/h2-3,6-7,9-10,14H,4-5,8,11H2,1H3. The van der Waals surface area contributed by atoms with Crippen LogP contribution in [0.15, 0.2) is 36.4 Å². The Kier molecular flexibility index (Phi) is 4.99. The van der Waals surface area contributed by atoms with Gasteiger partial charge in [0.25, 0.3) is 5.91 Å². The van der Waals surface area contributed by atoms with E-state index in [0.717, 1.165) is 45.4 Å². The van der Waals surface area contributed by atoms with Crippen molar-refractivity contribution in [3.05, 3.63) is 52.0 Å². The zero-order chi connectivity index (χ0) is 20.0. The Morgan fingerprint density at radius 3 is 2.90 bits per heavy atom. The van der Waals surface area contributed by atoms with Crippen LogP contribution in [0.4, 0.5) is 5.13 Å². The fourth-order valence-corrected chi connectivity index (χ4v) is 5.92. The van der Waals surface area contributed by atoms with Crippen LogP contribution in [-0.4, -0.2) is 35.1 Å². The SMILES string of the molecule is Cc1cc(Cl)cc2sc(N(CC3CCCO3)C(=O)c3nc4ccccc4s3)nc12. The average Bonchev–Trinajstić information content (AvgIpc) is 3.44. The molecule has 8 heteroatoms. The van der Waals surface area contributed by atoms with Crippen molar-refractivity contribution in [3.8, 4) is 0 Å². The van der Waals surface area contributed by atoms with Crippen molar-refractivity contribution in [2.75, 3.05) is 18.1 Å². The zero-order valence-electron chi connectivity index (χ0n) is 15.7. The second kappa shape index (κ2) is 7.65. The van der Waals surface area contributed by atoms with Gasteiger partial charge in [-0.1, -0.05) is 35.1 Å².